The van der Waals surface area contributed by atoms with Gasteiger partial charge >= 0.3 is 0 Å². The molecule has 2 N–H and O–H groups in total. The number of H-pyrrole nitrogens is 2. The number of nitrogens with zero attached hydrogens (tertiary/aromatic N) is 2. The van der Waals surface area contributed by atoms with Gasteiger partial charge in [0.05, 0.1) is 22.1 Å². The number of imidazole rings is 2. The molecule has 0 radical (unpaired) electrons. The Kier molecular flexibility index (Phi) is 4.13. The molecular formula is C27H20N4. The molecule has 31 heavy (non-hydrogen) atoms. The lowest BCUT2D eigenvalue weighted by molar-refractivity contribution is 1.20. The molecule has 4 heteroatoms. The van der Waals surface area contributed by atoms with Crippen LogP contribution in [-0.2, 0) is 6.42 Å². The molecule has 0 aliphatic carbocycles. The maximum Gasteiger partial charge on any atom is 0.138 e. The maximum atomic E-state index is 4.73. The van der Waals surface area contributed by atoms with Crippen LogP contribution in [0.4, 0.5) is 0 Å². The Labute approximate surface area is 179 Å². The van der Waals surface area contributed by atoms with Gasteiger partial charge < -0.3 is 9.97 Å². The van der Waals surface area contributed by atoms with Crippen molar-refractivity contribution < 1.29 is 0 Å². The molecule has 0 saturated carbocycles. The van der Waals surface area contributed by atoms with E-state index in [2.05, 4.69) is 70.6 Å². The maximum absolute atomic E-state index is 4.73. The van der Waals surface area contributed by atoms with Gasteiger partial charge in [0.15, 0.2) is 0 Å². The van der Waals surface area contributed by atoms with Crippen molar-refractivity contribution in [2.45, 2.75) is 6.42 Å². The number of aromatic amines is 2. The predicted molar refractivity (Wildman–Crippen MR) is 126 cm³/mol. The van der Waals surface area contributed by atoms with Gasteiger partial charge in [-0.15, -0.1) is 0 Å². The molecular weight excluding hydrogens is 380 g/mol. The van der Waals surface area contributed by atoms with Crippen molar-refractivity contribution in [3.05, 3.63) is 108 Å². The number of hydrogen-bond acceptors (Lipinski definition) is 2. The zero-order valence-corrected chi connectivity index (χ0v) is 16.8. The molecule has 6 aromatic rings. The van der Waals surface area contributed by atoms with Crippen molar-refractivity contribution in [2.24, 2.45) is 0 Å². The Morgan fingerprint density at radius 3 is 1.42 bits per heavy atom. The van der Waals surface area contributed by atoms with Crippen molar-refractivity contribution in [3.8, 4) is 22.8 Å². The smallest absolute Gasteiger partial charge is 0.138 e. The van der Waals surface area contributed by atoms with Crippen LogP contribution in [0, 0.1) is 0 Å². The molecule has 0 atom stereocenters. The zero-order chi connectivity index (χ0) is 20.6. The summed E-state index contributed by atoms with van der Waals surface area (Å²) in [5.74, 6) is 1.81. The summed E-state index contributed by atoms with van der Waals surface area (Å²) in [5, 5.41) is 0. The lowest BCUT2D eigenvalue weighted by Gasteiger charge is -2.02. The van der Waals surface area contributed by atoms with Gasteiger partial charge in [-0.1, -0.05) is 72.8 Å². The second-order valence-electron chi connectivity index (χ2n) is 7.78. The summed E-state index contributed by atoms with van der Waals surface area (Å²) in [4.78, 5) is 16.4. The van der Waals surface area contributed by atoms with Gasteiger partial charge in [0.2, 0.25) is 0 Å². The van der Waals surface area contributed by atoms with E-state index in [0.717, 1.165) is 51.3 Å². The van der Waals surface area contributed by atoms with Crippen molar-refractivity contribution in [3.63, 3.8) is 0 Å². The molecule has 0 saturated heterocycles. The summed E-state index contributed by atoms with van der Waals surface area (Å²) in [6.07, 6.45) is 0.852. The van der Waals surface area contributed by atoms with Crippen LogP contribution in [0.15, 0.2) is 97.1 Å². The fraction of sp³-hybridized carbons (Fsp3) is 0.0370. The highest BCUT2D eigenvalue weighted by Gasteiger charge is 2.08. The monoisotopic (exact) mass is 400 g/mol. The second-order valence-corrected chi connectivity index (χ2v) is 7.78. The third-order valence-corrected chi connectivity index (χ3v) is 5.60. The van der Waals surface area contributed by atoms with Crippen molar-refractivity contribution in [2.75, 3.05) is 0 Å². The first-order valence-electron chi connectivity index (χ1n) is 10.4. The number of fused-ring (bicyclic) bond motifs is 2. The molecule has 4 aromatic carbocycles. The molecule has 2 aromatic heterocycles. The number of hydrogen-bond donors (Lipinski definition) is 2. The summed E-state index contributed by atoms with van der Waals surface area (Å²) >= 11 is 0. The van der Waals surface area contributed by atoms with Crippen LogP contribution >= 0.6 is 0 Å². The number of aromatic nitrogens is 4. The lowest BCUT2D eigenvalue weighted by Crippen LogP contribution is -1.88. The SMILES string of the molecule is c1ccc(-c2nc3ccc(Cc4ccc5nc(-c6ccccc6)[nH]c5c4)cc3[nH]2)cc1. The number of benzene rings is 4. The van der Waals surface area contributed by atoms with E-state index in [1.807, 2.05) is 36.4 Å². The van der Waals surface area contributed by atoms with E-state index in [9.17, 15) is 0 Å². The van der Waals surface area contributed by atoms with Crippen LogP contribution in [0.2, 0.25) is 0 Å². The fourth-order valence-corrected chi connectivity index (χ4v) is 4.03. The minimum atomic E-state index is 0.852. The predicted octanol–water partition coefficient (Wildman–Crippen LogP) is 6.36. The Hall–Kier alpha value is -4.18. The number of rotatable bonds is 4. The highest BCUT2D eigenvalue weighted by atomic mass is 14.9. The van der Waals surface area contributed by atoms with E-state index in [4.69, 9.17) is 9.97 Å². The van der Waals surface area contributed by atoms with Gasteiger partial charge in [0, 0.05) is 11.1 Å². The average molecular weight is 400 g/mol. The van der Waals surface area contributed by atoms with Crippen molar-refractivity contribution in [1.29, 1.82) is 0 Å². The molecule has 2 heterocycles. The summed E-state index contributed by atoms with van der Waals surface area (Å²) in [6, 6.07) is 33.3. The van der Waals surface area contributed by atoms with E-state index < -0.39 is 0 Å². The Balaban J connectivity index is 1.30. The highest BCUT2D eigenvalue weighted by Crippen LogP contribution is 2.24. The van der Waals surface area contributed by atoms with E-state index in [1.165, 1.54) is 11.1 Å². The highest BCUT2D eigenvalue weighted by molar-refractivity contribution is 5.81. The van der Waals surface area contributed by atoms with Crippen LogP contribution in [-0.4, -0.2) is 19.9 Å². The molecule has 0 fully saturated rings. The first-order valence-corrected chi connectivity index (χ1v) is 10.4. The van der Waals surface area contributed by atoms with Gasteiger partial charge in [0.25, 0.3) is 0 Å². The first kappa shape index (κ1) is 17.7. The summed E-state index contributed by atoms with van der Waals surface area (Å²) in [7, 11) is 0. The summed E-state index contributed by atoms with van der Waals surface area (Å²) in [5.41, 5.74) is 8.78. The zero-order valence-electron chi connectivity index (χ0n) is 16.8. The molecule has 0 aliphatic rings. The Morgan fingerprint density at radius 2 is 0.968 bits per heavy atom. The molecule has 0 bridgehead atoms. The minimum absolute atomic E-state index is 0.852. The lowest BCUT2D eigenvalue weighted by atomic mass is 10.0. The van der Waals surface area contributed by atoms with Gasteiger partial charge in [-0.25, -0.2) is 9.97 Å². The second kappa shape index (κ2) is 7.26. The van der Waals surface area contributed by atoms with Gasteiger partial charge in [-0.05, 0) is 41.8 Å². The molecule has 6 rings (SSSR count). The van der Waals surface area contributed by atoms with Crippen molar-refractivity contribution in [1.82, 2.24) is 19.9 Å². The van der Waals surface area contributed by atoms with E-state index in [0.29, 0.717) is 0 Å². The molecule has 0 unspecified atom stereocenters. The van der Waals surface area contributed by atoms with Gasteiger partial charge in [-0.3, -0.25) is 0 Å². The average Bonchev–Trinajstić information content (AvgIpc) is 3.44. The third kappa shape index (κ3) is 3.38. The van der Waals surface area contributed by atoms with Crippen LogP contribution in [0.3, 0.4) is 0 Å². The molecule has 0 spiro atoms. The summed E-state index contributed by atoms with van der Waals surface area (Å²) < 4.78 is 0. The number of nitrogens with one attached hydrogen (secondary N) is 2. The van der Waals surface area contributed by atoms with E-state index in [-0.39, 0.29) is 0 Å². The van der Waals surface area contributed by atoms with E-state index in [1.54, 1.807) is 0 Å². The fourth-order valence-electron chi connectivity index (χ4n) is 4.03. The van der Waals surface area contributed by atoms with Crippen LogP contribution in [0.5, 0.6) is 0 Å². The van der Waals surface area contributed by atoms with Gasteiger partial charge in [0.1, 0.15) is 11.6 Å². The standard InChI is InChI=1S/C27H20N4/c1-3-7-20(8-4-1)26-28-22-13-11-18(16-24(22)30-26)15-19-12-14-23-25(17-19)31-27(29-23)21-9-5-2-6-10-21/h1-14,16-17H,15H2,(H,28,30)(H,29,31). The van der Waals surface area contributed by atoms with E-state index >= 15 is 0 Å². The molecule has 148 valence electrons. The normalized spacial score (nSPS) is 11.4. The first-order chi connectivity index (χ1) is 15.3. The van der Waals surface area contributed by atoms with Crippen molar-refractivity contribution >= 4 is 22.1 Å². The minimum Gasteiger partial charge on any atom is -0.338 e. The largest absolute Gasteiger partial charge is 0.338 e. The topological polar surface area (TPSA) is 57.4 Å². The van der Waals surface area contributed by atoms with Crippen LogP contribution in [0.25, 0.3) is 44.8 Å². The quantitative estimate of drug-likeness (QED) is 0.361. The summed E-state index contributed by atoms with van der Waals surface area (Å²) in [6.45, 7) is 0. The molecule has 4 nitrogen and oxygen atoms in total. The Bertz CT molecular complexity index is 1380. The third-order valence-electron chi connectivity index (χ3n) is 5.60. The molecule has 0 amide bonds. The van der Waals surface area contributed by atoms with Crippen LogP contribution < -0.4 is 0 Å². The van der Waals surface area contributed by atoms with Gasteiger partial charge in [-0.2, -0.15) is 0 Å². The van der Waals surface area contributed by atoms with Crippen LogP contribution in [0.1, 0.15) is 11.1 Å². The Morgan fingerprint density at radius 1 is 0.516 bits per heavy atom. The molecule has 0 aliphatic heterocycles.